The molecule has 7 rings (SSSR count). The molecular weight excluding hydrogens is 522 g/mol. The normalized spacial score (nSPS) is 14.8. The molecule has 2 aromatic carbocycles. The number of aromatic nitrogens is 5. The molecule has 0 saturated carbocycles. The summed E-state index contributed by atoms with van der Waals surface area (Å²) in [5.41, 5.74) is 8.10. The molecule has 5 aromatic rings. The molecule has 0 amide bonds. The lowest BCUT2D eigenvalue weighted by molar-refractivity contribution is 0.199. The van der Waals surface area contributed by atoms with Crippen LogP contribution in [-0.4, -0.2) is 42.5 Å². The first kappa shape index (κ1) is 25.8. The number of rotatable bonds is 6. The minimum Gasteiger partial charge on any atom is -0.472 e. The van der Waals surface area contributed by atoms with Gasteiger partial charge in [-0.25, -0.2) is 15.0 Å². The molecule has 0 radical (unpaired) electrons. The third kappa shape index (κ3) is 4.84. The molecule has 0 spiro atoms. The summed E-state index contributed by atoms with van der Waals surface area (Å²) in [6.07, 6.45) is 7.24. The van der Waals surface area contributed by atoms with E-state index in [0.717, 1.165) is 83.4 Å². The Morgan fingerprint density at radius 1 is 0.952 bits per heavy atom. The third-order valence-corrected chi connectivity index (χ3v) is 8.18. The quantitative estimate of drug-likeness (QED) is 0.247. The molecule has 3 aromatic heterocycles. The van der Waals surface area contributed by atoms with Crippen molar-refractivity contribution in [2.75, 3.05) is 13.1 Å². The maximum absolute atomic E-state index is 9.13. The molecule has 2 aliphatic heterocycles. The SMILES string of the molecule is C=C(c1ccnc(C#N)n1)C1CCN(Cc2ccc(-c3nc4n(c3-c3ccccc3)COc3ccncc3-4)cc2)CC1. The highest BCUT2D eigenvalue weighted by Crippen LogP contribution is 2.41. The van der Waals surface area contributed by atoms with Crippen LogP contribution >= 0.6 is 0 Å². The fourth-order valence-corrected chi connectivity index (χ4v) is 5.95. The number of hydrogen-bond donors (Lipinski definition) is 0. The van der Waals surface area contributed by atoms with Gasteiger partial charge in [0.2, 0.25) is 5.82 Å². The van der Waals surface area contributed by atoms with Crippen molar-refractivity contribution in [3.05, 3.63) is 109 Å². The van der Waals surface area contributed by atoms with E-state index in [4.69, 9.17) is 15.0 Å². The molecule has 0 unspecified atom stereocenters. The Morgan fingerprint density at radius 2 is 1.76 bits per heavy atom. The number of benzene rings is 2. The van der Waals surface area contributed by atoms with E-state index in [1.807, 2.05) is 30.5 Å². The second kappa shape index (κ2) is 11.0. The smallest absolute Gasteiger partial charge is 0.232 e. The van der Waals surface area contributed by atoms with Crippen molar-refractivity contribution in [3.8, 4) is 45.7 Å². The highest BCUT2D eigenvalue weighted by atomic mass is 16.5. The van der Waals surface area contributed by atoms with Crippen LogP contribution in [0.2, 0.25) is 0 Å². The van der Waals surface area contributed by atoms with E-state index in [1.54, 1.807) is 12.4 Å². The Bertz CT molecular complexity index is 1800. The largest absolute Gasteiger partial charge is 0.472 e. The summed E-state index contributed by atoms with van der Waals surface area (Å²) in [5.74, 6) is 2.23. The van der Waals surface area contributed by atoms with Crippen LogP contribution in [0.5, 0.6) is 5.75 Å². The van der Waals surface area contributed by atoms with Crippen molar-refractivity contribution in [2.24, 2.45) is 5.92 Å². The van der Waals surface area contributed by atoms with Gasteiger partial charge in [-0.2, -0.15) is 5.26 Å². The highest BCUT2D eigenvalue weighted by Gasteiger charge is 2.27. The van der Waals surface area contributed by atoms with Crippen LogP contribution in [0.15, 0.2) is 91.9 Å². The summed E-state index contributed by atoms with van der Waals surface area (Å²) in [5, 5.41) is 9.13. The molecule has 42 heavy (non-hydrogen) atoms. The average molecular weight is 552 g/mol. The number of hydrogen-bond acceptors (Lipinski definition) is 7. The number of ether oxygens (including phenoxy) is 1. The molecule has 8 nitrogen and oxygen atoms in total. The van der Waals surface area contributed by atoms with Crippen LogP contribution < -0.4 is 4.74 Å². The van der Waals surface area contributed by atoms with Crippen molar-refractivity contribution in [1.82, 2.24) is 29.4 Å². The van der Waals surface area contributed by atoms with Gasteiger partial charge in [0.1, 0.15) is 17.6 Å². The van der Waals surface area contributed by atoms with Crippen LogP contribution in [0.3, 0.4) is 0 Å². The van der Waals surface area contributed by atoms with E-state index in [1.165, 1.54) is 5.56 Å². The van der Waals surface area contributed by atoms with Crippen molar-refractivity contribution in [3.63, 3.8) is 0 Å². The molecule has 8 heteroatoms. The van der Waals surface area contributed by atoms with Gasteiger partial charge >= 0.3 is 0 Å². The topological polar surface area (TPSA) is 92.8 Å². The predicted molar refractivity (Wildman–Crippen MR) is 161 cm³/mol. The van der Waals surface area contributed by atoms with Gasteiger partial charge in [0.25, 0.3) is 0 Å². The number of likely N-dealkylation sites (tertiary alicyclic amines) is 1. The van der Waals surface area contributed by atoms with Crippen molar-refractivity contribution < 1.29 is 4.74 Å². The molecule has 206 valence electrons. The van der Waals surface area contributed by atoms with Crippen molar-refractivity contribution >= 4 is 5.57 Å². The average Bonchev–Trinajstić information content (AvgIpc) is 3.46. The van der Waals surface area contributed by atoms with Gasteiger partial charge in [-0.1, -0.05) is 61.2 Å². The molecule has 0 aliphatic carbocycles. The summed E-state index contributed by atoms with van der Waals surface area (Å²) in [7, 11) is 0. The fourth-order valence-electron chi connectivity index (χ4n) is 5.95. The first-order valence-corrected chi connectivity index (χ1v) is 14.1. The number of fused-ring (bicyclic) bond motifs is 3. The number of piperidine rings is 1. The maximum Gasteiger partial charge on any atom is 0.232 e. The maximum atomic E-state index is 9.13. The number of nitriles is 1. The Kier molecular flexibility index (Phi) is 6.78. The zero-order valence-corrected chi connectivity index (χ0v) is 23.1. The van der Waals surface area contributed by atoms with Gasteiger partial charge < -0.3 is 4.74 Å². The lowest BCUT2D eigenvalue weighted by Gasteiger charge is -2.32. The Balaban J connectivity index is 1.09. The van der Waals surface area contributed by atoms with Crippen LogP contribution in [0.25, 0.3) is 39.5 Å². The van der Waals surface area contributed by atoms with E-state index >= 15 is 0 Å². The molecule has 1 fully saturated rings. The summed E-state index contributed by atoms with van der Waals surface area (Å²) in [6.45, 7) is 7.57. The fraction of sp³-hybridized carbons (Fsp3) is 0.206. The zero-order chi connectivity index (χ0) is 28.5. The standard InChI is InChI=1S/C34H29N7O/c1-23(29-11-16-37-31(19-35)38-29)25-13-17-40(18-14-25)21-24-7-9-26(10-8-24)32-33(27-5-3-2-4-6-27)41-22-42-30-12-15-36-20-28(30)34(41)39-32/h2-12,15-16,20,25H,1,13-14,17-18,21-22H2. The van der Waals surface area contributed by atoms with Crippen LogP contribution in [0.1, 0.15) is 29.9 Å². The summed E-state index contributed by atoms with van der Waals surface area (Å²) >= 11 is 0. The molecule has 5 heterocycles. The molecule has 0 atom stereocenters. The van der Waals surface area contributed by atoms with E-state index in [9.17, 15) is 0 Å². The van der Waals surface area contributed by atoms with Gasteiger partial charge in [0.05, 0.1) is 22.6 Å². The van der Waals surface area contributed by atoms with Crippen LogP contribution in [0.4, 0.5) is 0 Å². The Morgan fingerprint density at radius 3 is 2.55 bits per heavy atom. The van der Waals surface area contributed by atoms with E-state index in [-0.39, 0.29) is 5.82 Å². The Hall–Kier alpha value is -5.13. The number of nitrogens with zero attached hydrogens (tertiary/aromatic N) is 7. The van der Waals surface area contributed by atoms with Crippen molar-refractivity contribution in [2.45, 2.75) is 26.1 Å². The Labute approximate surface area is 244 Å². The summed E-state index contributed by atoms with van der Waals surface area (Å²) in [6, 6.07) is 24.9. The summed E-state index contributed by atoms with van der Waals surface area (Å²) < 4.78 is 8.22. The minimum atomic E-state index is 0.191. The molecule has 0 N–H and O–H groups in total. The molecular formula is C34H29N7O. The van der Waals surface area contributed by atoms with Gasteiger partial charge in [0.15, 0.2) is 6.73 Å². The van der Waals surface area contributed by atoms with E-state index in [0.29, 0.717) is 12.6 Å². The first-order valence-electron chi connectivity index (χ1n) is 14.1. The van der Waals surface area contributed by atoms with E-state index < -0.39 is 0 Å². The number of allylic oxidation sites excluding steroid dienone is 1. The van der Waals surface area contributed by atoms with Gasteiger partial charge in [0, 0.05) is 36.3 Å². The third-order valence-electron chi connectivity index (χ3n) is 8.18. The van der Waals surface area contributed by atoms with E-state index in [2.05, 4.69) is 79.5 Å². The zero-order valence-electron chi connectivity index (χ0n) is 23.1. The molecule has 1 saturated heterocycles. The van der Waals surface area contributed by atoms with Crippen molar-refractivity contribution in [1.29, 1.82) is 5.26 Å². The monoisotopic (exact) mass is 551 g/mol. The highest BCUT2D eigenvalue weighted by molar-refractivity contribution is 5.83. The second-order valence-electron chi connectivity index (χ2n) is 10.7. The minimum absolute atomic E-state index is 0.191. The lowest BCUT2D eigenvalue weighted by Crippen LogP contribution is -2.33. The van der Waals surface area contributed by atoms with Gasteiger partial charge in [-0.05, 0) is 55.1 Å². The predicted octanol–water partition coefficient (Wildman–Crippen LogP) is 6.22. The number of imidazole rings is 1. The van der Waals surface area contributed by atoms with Gasteiger partial charge in [-0.15, -0.1) is 0 Å². The first-order chi connectivity index (χ1) is 20.7. The molecule has 2 aliphatic rings. The van der Waals surface area contributed by atoms with Crippen LogP contribution in [-0.2, 0) is 13.3 Å². The summed E-state index contributed by atoms with van der Waals surface area (Å²) in [4.78, 5) is 20.3. The van der Waals surface area contributed by atoms with Crippen LogP contribution in [0, 0.1) is 17.2 Å². The van der Waals surface area contributed by atoms with Gasteiger partial charge in [-0.3, -0.25) is 14.5 Å². The second-order valence-corrected chi connectivity index (χ2v) is 10.7. The number of pyridine rings is 1. The lowest BCUT2D eigenvalue weighted by atomic mass is 9.88. The molecule has 0 bridgehead atoms.